The van der Waals surface area contributed by atoms with Gasteiger partial charge in [0.1, 0.15) is 6.04 Å². The van der Waals surface area contributed by atoms with Crippen LogP contribution in [0.4, 0.5) is 0 Å². The van der Waals surface area contributed by atoms with Crippen molar-refractivity contribution in [2.24, 2.45) is 5.92 Å². The lowest BCUT2D eigenvalue weighted by atomic mass is 9.85. The van der Waals surface area contributed by atoms with Gasteiger partial charge < -0.3 is 9.64 Å². The van der Waals surface area contributed by atoms with Crippen molar-refractivity contribution in [3.8, 4) is 0 Å². The molecule has 0 spiro atoms. The third-order valence-electron chi connectivity index (χ3n) is 4.23. The summed E-state index contributed by atoms with van der Waals surface area (Å²) in [5, 5.41) is 0. The second-order valence-electron chi connectivity index (χ2n) is 5.85. The number of hydrogen-bond acceptors (Lipinski definition) is 3. The molecule has 1 saturated carbocycles. The number of ether oxygens (including phenoxy) is 1. The Morgan fingerprint density at radius 3 is 2.53 bits per heavy atom. The van der Waals surface area contributed by atoms with E-state index >= 15 is 0 Å². The standard InChI is InChI=1S/C15H23NO3/c1-10(2)8-14(17)16-12-7-5-4-6-11(12)9-13(16)15(18)19-3/h8,11-13H,4-7,9H2,1-3H3. The number of esters is 1. The van der Waals surface area contributed by atoms with Gasteiger partial charge in [-0.15, -0.1) is 0 Å². The molecule has 3 unspecified atom stereocenters. The van der Waals surface area contributed by atoms with E-state index in [4.69, 9.17) is 4.74 Å². The highest BCUT2D eigenvalue weighted by atomic mass is 16.5. The van der Waals surface area contributed by atoms with Gasteiger partial charge in [-0.3, -0.25) is 4.79 Å². The summed E-state index contributed by atoms with van der Waals surface area (Å²) in [5.74, 6) is 0.155. The summed E-state index contributed by atoms with van der Waals surface area (Å²) < 4.78 is 4.87. The van der Waals surface area contributed by atoms with E-state index in [1.165, 1.54) is 13.5 Å². The van der Waals surface area contributed by atoms with E-state index in [1.54, 1.807) is 11.0 Å². The zero-order valence-electron chi connectivity index (χ0n) is 12.0. The fraction of sp³-hybridized carbons (Fsp3) is 0.733. The van der Waals surface area contributed by atoms with Crippen molar-refractivity contribution in [2.45, 2.75) is 58.0 Å². The van der Waals surface area contributed by atoms with Gasteiger partial charge in [0.2, 0.25) is 5.91 Å². The minimum Gasteiger partial charge on any atom is -0.467 e. The maximum absolute atomic E-state index is 12.4. The first-order valence-electron chi connectivity index (χ1n) is 7.09. The minimum absolute atomic E-state index is 0.0372. The molecule has 1 aliphatic heterocycles. The Hall–Kier alpha value is -1.32. The van der Waals surface area contributed by atoms with E-state index in [0.717, 1.165) is 31.3 Å². The van der Waals surface area contributed by atoms with Crippen LogP contribution in [0.3, 0.4) is 0 Å². The van der Waals surface area contributed by atoms with Crippen molar-refractivity contribution in [1.82, 2.24) is 4.90 Å². The smallest absolute Gasteiger partial charge is 0.328 e. The van der Waals surface area contributed by atoms with Gasteiger partial charge in [0, 0.05) is 12.1 Å². The molecule has 0 aromatic carbocycles. The van der Waals surface area contributed by atoms with Gasteiger partial charge in [-0.2, -0.15) is 0 Å². The van der Waals surface area contributed by atoms with Crippen LogP contribution < -0.4 is 0 Å². The first-order chi connectivity index (χ1) is 9.04. The van der Waals surface area contributed by atoms with E-state index < -0.39 is 0 Å². The molecule has 1 amide bonds. The molecule has 0 aromatic rings. The van der Waals surface area contributed by atoms with Crippen LogP contribution >= 0.6 is 0 Å². The highest BCUT2D eigenvalue weighted by molar-refractivity contribution is 5.92. The average Bonchev–Trinajstić information content (AvgIpc) is 2.76. The van der Waals surface area contributed by atoms with E-state index in [1.807, 2.05) is 13.8 Å². The number of amides is 1. The molecule has 0 radical (unpaired) electrons. The Kier molecular flexibility index (Phi) is 4.27. The Morgan fingerprint density at radius 1 is 1.21 bits per heavy atom. The molecule has 2 rings (SSSR count). The summed E-state index contributed by atoms with van der Waals surface area (Å²) >= 11 is 0. The molecular formula is C15H23NO3. The summed E-state index contributed by atoms with van der Waals surface area (Å²) in [6.45, 7) is 3.80. The van der Waals surface area contributed by atoms with Crippen LogP contribution in [-0.4, -0.2) is 36.0 Å². The number of carbonyl (C=O) groups excluding carboxylic acids is 2. The molecule has 106 valence electrons. The molecular weight excluding hydrogens is 242 g/mol. The third kappa shape index (κ3) is 2.82. The number of nitrogens with zero attached hydrogens (tertiary/aromatic N) is 1. The van der Waals surface area contributed by atoms with Gasteiger partial charge in [0.05, 0.1) is 7.11 Å². The zero-order chi connectivity index (χ0) is 14.0. The summed E-state index contributed by atoms with van der Waals surface area (Å²) in [6, 6.07) is -0.165. The van der Waals surface area contributed by atoms with Crippen molar-refractivity contribution in [2.75, 3.05) is 7.11 Å². The second kappa shape index (κ2) is 5.76. The SMILES string of the molecule is COC(=O)C1CC2CCCCC2N1C(=O)C=C(C)C. The van der Waals surface area contributed by atoms with Crippen LogP contribution in [0.15, 0.2) is 11.6 Å². The minimum atomic E-state index is -0.388. The number of rotatable bonds is 2. The van der Waals surface area contributed by atoms with Crippen LogP contribution in [0.2, 0.25) is 0 Å². The van der Waals surface area contributed by atoms with Gasteiger partial charge in [-0.05, 0) is 39.0 Å². The maximum atomic E-state index is 12.4. The van der Waals surface area contributed by atoms with E-state index in [-0.39, 0.29) is 24.0 Å². The number of allylic oxidation sites excluding steroid dienone is 1. The summed E-state index contributed by atoms with van der Waals surface area (Å²) in [5.41, 5.74) is 0.966. The number of hydrogen-bond donors (Lipinski definition) is 0. The maximum Gasteiger partial charge on any atom is 0.328 e. The third-order valence-corrected chi connectivity index (χ3v) is 4.23. The fourth-order valence-electron chi connectivity index (χ4n) is 3.45. The van der Waals surface area contributed by atoms with Crippen LogP contribution in [0.5, 0.6) is 0 Å². The predicted octanol–water partition coefficient (Wildman–Crippen LogP) is 2.29. The Bertz CT molecular complexity index is 398. The van der Waals surface area contributed by atoms with Gasteiger partial charge in [-0.25, -0.2) is 4.79 Å². The van der Waals surface area contributed by atoms with Crippen molar-refractivity contribution in [3.63, 3.8) is 0 Å². The number of fused-ring (bicyclic) bond motifs is 1. The number of likely N-dealkylation sites (tertiary alicyclic amines) is 1. The van der Waals surface area contributed by atoms with Gasteiger partial charge in [0.25, 0.3) is 0 Å². The predicted molar refractivity (Wildman–Crippen MR) is 72.4 cm³/mol. The summed E-state index contributed by atoms with van der Waals surface area (Å²) in [4.78, 5) is 26.1. The zero-order valence-corrected chi connectivity index (χ0v) is 12.0. The van der Waals surface area contributed by atoms with Crippen LogP contribution in [0, 0.1) is 5.92 Å². The lowest BCUT2D eigenvalue weighted by molar-refractivity contribution is -0.150. The average molecular weight is 265 g/mol. The van der Waals surface area contributed by atoms with Crippen molar-refractivity contribution >= 4 is 11.9 Å². The fourth-order valence-corrected chi connectivity index (χ4v) is 3.45. The molecule has 0 aromatic heterocycles. The quantitative estimate of drug-likeness (QED) is 0.568. The highest BCUT2D eigenvalue weighted by Crippen LogP contribution is 2.40. The summed E-state index contributed by atoms with van der Waals surface area (Å²) in [6.07, 6.45) is 6.89. The lowest BCUT2D eigenvalue weighted by Gasteiger charge is -2.32. The molecule has 1 heterocycles. The molecule has 0 bridgehead atoms. The lowest BCUT2D eigenvalue weighted by Crippen LogP contribution is -2.46. The van der Waals surface area contributed by atoms with Crippen LogP contribution in [0.1, 0.15) is 46.0 Å². The Morgan fingerprint density at radius 2 is 1.89 bits per heavy atom. The van der Waals surface area contributed by atoms with Crippen molar-refractivity contribution in [3.05, 3.63) is 11.6 Å². The monoisotopic (exact) mass is 265 g/mol. The molecule has 2 aliphatic rings. The largest absolute Gasteiger partial charge is 0.467 e. The van der Waals surface area contributed by atoms with Gasteiger partial charge >= 0.3 is 5.97 Å². The van der Waals surface area contributed by atoms with E-state index in [0.29, 0.717) is 5.92 Å². The van der Waals surface area contributed by atoms with E-state index in [2.05, 4.69) is 0 Å². The molecule has 1 saturated heterocycles. The topological polar surface area (TPSA) is 46.6 Å². The van der Waals surface area contributed by atoms with Gasteiger partial charge in [0.15, 0.2) is 0 Å². The normalized spacial score (nSPS) is 29.6. The second-order valence-corrected chi connectivity index (χ2v) is 5.85. The molecule has 19 heavy (non-hydrogen) atoms. The molecule has 2 fully saturated rings. The van der Waals surface area contributed by atoms with Crippen molar-refractivity contribution < 1.29 is 14.3 Å². The Labute approximate surface area is 114 Å². The molecule has 4 heteroatoms. The molecule has 3 atom stereocenters. The summed E-state index contributed by atoms with van der Waals surface area (Å²) in [7, 11) is 1.40. The highest BCUT2D eigenvalue weighted by Gasteiger charge is 2.47. The van der Waals surface area contributed by atoms with E-state index in [9.17, 15) is 9.59 Å². The van der Waals surface area contributed by atoms with Gasteiger partial charge in [-0.1, -0.05) is 18.4 Å². The first kappa shape index (κ1) is 14.1. The van der Waals surface area contributed by atoms with Crippen LogP contribution in [0.25, 0.3) is 0 Å². The Balaban J connectivity index is 2.25. The number of methoxy groups -OCH3 is 1. The van der Waals surface area contributed by atoms with Crippen molar-refractivity contribution in [1.29, 1.82) is 0 Å². The van der Waals surface area contributed by atoms with Crippen LogP contribution in [-0.2, 0) is 14.3 Å². The molecule has 0 N–H and O–H groups in total. The molecule has 4 nitrogen and oxygen atoms in total. The number of carbonyl (C=O) groups is 2. The first-order valence-corrected chi connectivity index (χ1v) is 7.09. The molecule has 1 aliphatic carbocycles.